The molecular weight excluding hydrogens is 540 g/mol. The first-order valence-electron chi connectivity index (χ1n) is 14.7. The van der Waals surface area contributed by atoms with Crippen molar-refractivity contribution in [3.63, 3.8) is 0 Å². The zero-order valence-electron chi connectivity index (χ0n) is 23.8. The van der Waals surface area contributed by atoms with Crippen molar-refractivity contribution >= 4 is 17.3 Å². The molecule has 3 fully saturated rings. The smallest absolute Gasteiger partial charge is 0.178 e. The quantitative estimate of drug-likeness (QED) is 0.405. The van der Waals surface area contributed by atoms with E-state index in [4.69, 9.17) is 0 Å². The fourth-order valence-corrected chi connectivity index (χ4v) is 9.08. The predicted molar refractivity (Wildman–Crippen MR) is 154 cm³/mol. The molecule has 0 heterocycles. The minimum absolute atomic E-state index is 0.0468. The number of Topliss-reactive ketones (excluding diaryl/α,β-unsaturated/α-hetero) is 1. The molecule has 4 aliphatic rings. The van der Waals surface area contributed by atoms with Crippen LogP contribution in [0.2, 0.25) is 0 Å². The van der Waals surface area contributed by atoms with E-state index in [2.05, 4.69) is 0 Å². The number of hydroxylamine groups is 1. The maximum atomic E-state index is 17.5. The van der Waals surface area contributed by atoms with Gasteiger partial charge in [-0.25, -0.2) is 8.78 Å². The number of carbonyl (C=O) groups is 2. The number of nitrogens with zero attached hydrogens (tertiary/aromatic N) is 1. The highest BCUT2D eigenvalue weighted by Gasteiger charge is 2.73. The lowest BCUT2D eigenvalue weighted by atomic mass is 9.45. The summed E-state index contributed by atoms with van der Waals surface area (Å²) in [7, 11) is 0. The average Bonchev–Trinajstić information content (AvgIpc) is 3.26. The lowest BCUT2D eigenvalue weighted by Crippen LogP contribution is -2.68. The summed E-state index contributed by atoms with van der Waals surface area (Å²) >= 11 is 0. The fraction of sp³-hybridized carbons (Fsp3) is 0.471. The van der Waals surface area contributed by atoms with Crippen LogP contribution in [0.5, 0.6) is 0 Å². The average molecular weight is 578 g/mol. The molecule has 3 N–H and O–H groups in total. The van der Waals surface area contributed by atoms with Crippen LogP contribution in [-0.4, -0.2) is 58.1 Å². The van der Waals surface area contributed by atoms with Gasteiger partial charge in [-0.05, 0) is 84.4 Å². The summed E-state index contributed by atoms with van der Waals surface area (Å²) in [6.45, 7) is 2.70. The largest absolute Gasteiger partial charge is 0.390 e. The van der Waals surface area contributed by atoms with Crippen LogP contribution < -0.4 is 5.06 Å². The SMILES string of the molecule is CC12CC(O)C3(F)C(CC(F)C4=CC(=O)C=CC43C)C1CC(CN(O)c1ccc(-c3ccccc3)cc1)C2C(=O)CO. The molecule has 0 radical (unpaired) electrons. The van der Waals surface area contributed by atoms with Crippen molar-refractivity contribution in [2.24, 2.45) is 34.5 Å². The number of alkyl halides is 2. The van der Waals surface area contributed by atoms with Crippen LogP contribution in [0.15, 0.2) is 78.4 Å². The number of aliphatic hydroxyl groups excluding tert-OH is 2. The Labute approximate surface area is 244 Å². The highest BCUT2D eigenvalue weighted by molar-refractivity contribution is 6.01. The minimum atomic E-state index is -2.25. The second-order valence-corrected chi connectivity index (χ2v) is 13.0. The maximum Gasteiger partial charge on any atom is 0.178 e. The number of allylic oxidation sites excluding steroid dienone is 4. The van der Waals surface area contributed by atoms with Gasteiger partial charge in [-0.3, -0.25) is 19.9 Å². The summed E-state index contributed by atoms with van der Waals surface area (Å²) < 4.78 is 33.2. The van der Waals surface area contributed by atoms with E-state index in [1.54, 1.807) is 19.1 Å². The zero-order valence-corrected chi connectivity index (χ0v) is 23.8. The van der Waals surface area contributed by atoms with Crippen molar-refractivity contribution in [3.05, 3.63) is 78.4 Å². The van der Waals surface area contributed by atoms with Gasteiger partial charge in [0.25, 0.3) is 0 Å². The number of carbonyl (C=O) groups excluding carboxylic acids is 2. The molecule has 0 aromatic heterocycles. The van der Waals surface area contributed by atoms with Gasteiger partial charge in [0.1, 0.15) is 12.8 Å². The molecule has 8 heteroatoms. The Morgan fingerprint density at radius 3 is 2.36 bits per heavy atom. The molecule has 2 aromatic carbocycles. The third-order valence-corrected chi connectivity index (χ3v) is 11.0. The summed E-state index contributed by atoms with van der Waals surface area (Å²) in [6, 6.07) is 17.2. The zero-order chi connectivity index (χ0) is 30.0. The molecule has 0 bridgehead atoms. The minimum Gasteiger partial charge on any atom is -0.390 e. The van der Waals surface area contributed by atoms with Crippen molar-refractivity contribution in [1.29, 1.82) is 0 Å². The molecule has 0 aliphatic heterocycles. The van der Waals surface area contributed by atoms with E-state index in [0.717, 1.165) is 22.3 Å². The van der Waals surface area contributed by atoms with Crippen LogP contribution in [0.3, 0.4) is 0 Å². The van der Waals surface area contributed by atoms with E-state index in [-0.39, 0.29) is 25.0 Å². The number of benzene rings is 2. The third-order valence-electron chi connectivity index (χ3n) is 11.0. The van der Waals surface area contributed by atoms with Gasteiger partial charge in [0, 0.05) is 23.8 Å². The van der Waals surface area contributed by atoms with Crippen molar-refractivity contribution in [2.45, 2.75) is 51.1 Å². The molecule has 222 valence electrons. The number of ketones is 2. The lowest BCUT2D eigenvalue weighted by Gasteiger charge is -2.62. The third kappa shape index (κ3) is 4.13. The lowest BCUT2D eigenvalue weighted by molar-refractivity contribution is -0.202. The molecule has 0 amide bonds. The molecule has 6 nitrogen and oxygen atoms in total. The van der Waals surface area contributed by atoms with Gasteiger partial charge in [0.05, 0.1) is 11.8 Å². The molecule has 4 aliphatic carbocycles. The predicted octanol–water partition coefficient (Wildman–Crippen LogP) is 5.27. The standard InChI is InChI=1S/C34H37F2NO5/c1-32-17-30(41)34(36)26(16-28(35)27-15-24(39)12-13-33(27,34)2)25(32)14-22(31(32)29(40)19-38)18-37(42)23-10-8-21(9-11-23)20-6-4-3-5-7-20/h3-13,15,22,25-26,28,30-31,38,41-42H,14,16-19H2,1-2H3. The van der Waals surface area contributed by atoms with Crippen LogP contribution in [-0.2, 0) is 9.59 Å². The number of fused-ring (bicyclic) bond motifs is 5. The molecule has 9 atom stereocenters. The molecule has 3 saturated carbocycles. The first kappa shape index (κ1) is 28.9. The van der Waals surface area contributed by atoms with Crippen molar-refractivity contribution < 1.29 is 33.8 Å². The highest BCUT2D eigenvalue weighted by atomic mass is 19.1. The van der Waals surface area contributed by atoms with Gasteiger partial charge >= 0.3 is 0 Å². The van der Waals surface area contributed by atoms with Gasteiger partial charge in [-0.1, -0.05) is 55.5 Å². The molecule has 6 rings (SSSR count). The van der Waals surface area contributed by atoms with E-state index in [1.165, 1.54) is 12.2 Å². The van der Waals surface area contributed by atoms with Gasteiger partial charge in [-0.2, -0.15) is 0 Å². The van der Waals surface area contributed by atoms with Gasteiger partial charge in [0.15, 0.2) is 17.2 Å². The maximum absolute atomic E-state index is 17.5. The number of aliphatic hydroxyl groups is 2. The summed E-state index contributed by atoms with van der Waals surface area (Å²) in [5.41, 5.74) is -2.11. The van der Waals surface area contributed by atoms with E-state index in [1.807, 2.05) is 49.4 Å². The van der Waals surface area contributed by atoms with Crippen molar-refractivity contribution in [2.75, 3.05) is 18.2 Å². The normalized spacial score (nSPS) is 38.7. The molecule has 2 aromatic rings. The molecule has 42 heavy (non-hydrogen) atoms. The summed E-state index contributed by atoms with van der Waals surface area (Å²) in [6.07, 6.45) is 0.741. The number of hydrogen-bond acceptors (Lipinski definition) is 6. The molecule has 0 spiro atoms. The molecule has 9 unspecified atom stereocenters. The molecular formula is C34H37F2NO5. The van der Waals surface area contributed by atoms with Crippen molar-refractivity contribution in [3.8, 4) is 11.1 Å². The second-order valence-electron chi connectivity index (χ2n) is 13.0. The summed E-state index contributed by atoms with van der Waals surface area (Å²) in [5.74, 6) is -3.50. The van der Waals surface area contributed by atoms with Crippen LogP contribution in [0.4, 0.5) is 14.5 Å². The van der Waals surface area contributed by atoms with Crippen LogP contribution >= 0.6 is 0 Å². The van der Waals surface area contributed by atoms with Crippen LogP contribution in [0, 0.1) is 34.5 Å². The number of halogens is 2. The number of rotatable bonds is 6. The first-order valence-corrected chi connectivity index (χ1v) is 14.7. The highest BCUT2D eigenvalue weighted by Crippen LogP contribution is 2.70. The summed E-state index contributed by atoms with van der Waals surface area (Å²) in [4.78, 5) is 25.4. The number of anilines is 1. The van der Waals surface area contributed by atoms with E-state index < -0.39 is 70.6 Å². The Morgan fingerprint density at radius 2 is 1.69 bits per heavy atom. The van der Waals surface area contributed by atoms with Crippen LogP contribution in [0.25, 0.3) is 11.1 Å². The van der Waals surface area contributed by atoms with Gasteiger partial charge in [-0.15, -0.1) is 0 Å². The Balaban J connectivity index is 1.32. The van der Waals surface area contributed by atoms with E-state index in [9.17, 15) is 25.0 Å². The second kappa shape index (κ2) is 10.2. The van der Waals surface area contributed by atoms with Crippen molar-refractivity contribution in [1.82, 2.24) is 0 Å². The monoisotopic (exact) mass is 577 g/mol. The first-order chi connectivity index (χ1) is 19.9. The molecule has 0 saturated heterocycles. The van der Waals surface area contributed by atoms with Gasteiger partial charge < -0.3 is 10.2 Å². The van der Waals surface area contributed by atoms with Gasteiger partial charge in [0.2, 0.25) is 0 Å². The Bertz CT molecular complexity index is 1440. The Hall–Kier alpha value is -3.20. The van der Waals surface area contributed by atoms with Crippen LogP contribution in [0.1, 0.15) is 33.1 Å². The number of hydrogen-bond donors (Lipinski definition) is 3. The summed E-state index contributed by atoms with van der Waals surface area (Å²) in [5, 5.41) is 33.7. The Morgan fingerprint density at radius 1 is 1.02 bits per heavy atom. The topological polar surface area (TPSA) is 98.1 Å². The fourth-order valence-electron chi connectivity index (χ4n) is 9.08. The Kier molecular flexibility index (Phi) is 7.03. The van der Waals surface area contributed by atoms with E-state index >= 15 is 8.78 Å². The van der Waals surface area contributed by atoms with E-state index in [0.29, 0.717) is 12.1 Å².